The first kappa shape index (κ1) is 21.0. The lowest BCUT2D eigenvalue weighted by molar-refractivity contribution is -0.128. The van der Waals surface area contributed by atoms with Crippen LogP contribution in [-0.2, 0) is 4.79 Å². The second kappa shape index (κ2) is 9.69. The van der Waals surface area contributed by atoms with Gasteiger partial charge in [0.05, 0.1) is 16.7 Å². The molecule has 2 aromatic heterocycles. The van der Waals surface area contributed by atoms with Crippen LogP contribution in [0.15, 0.2) is 52.4 Å². The maximum atomic E-state index is 13.2. The molecule has 152 valence electrons. The molecular formula is C22H26N4O2S. The van der Waals surface area contributed by atoms with Crippen molar-refractivity contribution in [3.8, 4) is 5.82 Å². The quantitative estimate of drug-likeness (QED) is 0.417. The average Bonchev–Trinajstić information content (AvgIpc) is 2.72. The van der Waals surface area contributed by atoms with Crippen LogP contribution < -0.4 is 5.56 Å². The Hall–Kier alpha value is -2.67. The molecule has 1 aromatic carbocycles. The Morgan fingerprint density at radius 3 is 2.45 bits per heavy atom. The van der Waals surface area contributed by atoms with Crippen molar-refractivity contribution >= 4 is 28.6 Å². The minimum atomic E-state index is -0.178. The molecule has 0 bridgehead atoms. The normalized spacial score (nSPS) is 11.0. The lowest BCUT2D eigenvalue weighted by Crippen LogP contribution is -2.34. The van der Waals surface area contributed by atoms with Crippen molar-refractivity contribution in [1.82, 2.24) is 19.4 Å². The number of rotatable bonds is 8. The summed E-state index contributed by atoms with van der Waals surface area (Å²) in [4.78, 5) is 37.0. The molecule has 0 saturated heterocycles. The summed E-state index contributed by atoms with van der Waals surface area (Å²) in [6.07, 6.45) is 1.84. The van der Waals surface area contributed by atoms with Gasteiger partial charge in [0.1, 0.15) is 5.82 Å². The fourth-order valence-corrected chi connectivity index (χ4v) is 4.09. The van der Waals surface area contributed by atoms with Crippen LogP contribution >= 0.6 is 11.8 Å². The van der Waals surface area contributed by atoms with Crippen molar-refractivity contribution in [2.24, 2.45) is 0 Å². The van der Waals surface area contributed by atoms with Gasteiger partial charge in [-0.25, -0.2) is 14.5 Å². The molecule has 0 unspecified atom stereocenters. The van der Waals surface area contributed by atoms with Crippen LogP contribution in [0.4, 0.5) is 0 Å². The molecule has 7 heteroatoms. The predicted octanol–water partition coefficient (Wildman–Crippen LogP) is 3.83. The summed E-state index contributed by atoms with van der Waals surface area (Å²) in [6.45, 7) is 7.49. The van der Waals surface area contributed by atoms with Crippen molar-refractivity contribution < 1.29 is 4.79 Å². The first-order chi connectivity index (χ1) is 14.0. The van der Waals surface area contributed by atoms with E-state index in [4.69, 9.17) is 0 Å². The molecule has 0 aliphatic heterocycles. The third kappa shape index (κ3) is 4.85. The van der Waals surface area contributed by atoms with E-state index in [2.05, 4.69) is 23.8 Å². The van der Waals surface area contributed by atoms with Crippen LogP contribution in [0.25, 0.3) is 16.7 Å². The van der Waals surface area contributed by atoms with Gasteiger partial charge < -0.3 is 4.90 Å². The Bertz CT molecular complexity index is 1060. The highest BCUT2D eigenvalue weighted by Crippen LogP contribution is 2.21. The summed E-state index contributed by atoms with van der Waals surface area (Å²) >= 11 is 1.29. The summed E-state index contributed by atoms with van der Waals surface area (Å²) in [5, 5.41) is 1.01. The number of hydrogen-bond donors (Lipinski definition) is 0. The fourth-order valence-electron chi connectivity index (χ4n) is 3.18. The third-order valence-corrected chi connectivity index (χ3v) is 5.44. The number of hydrogen-bond acceptors (Lipinski definition) is 5. The third-order valence-electron chi connectivity index (χ3n) is 4.51. The number of aryl methyl sites for hydroxylation is 1. The van der Waals surface area contributed by atoms with Crippen LogP contribution in [0.2, 0.25) is 0 Å². The van der Waals surface area contributed by atoms with E-state index in [-0.39, 0.29) is 17.2 Å². The molecule has 0 atom stereocenters. The van der Waals surface area contributed by atoms with Gasteiger partial charge in [0.15, 0.2) is 5.16 Å². The lowest BCUT2D eigenvalue weighted by atomic mass is 10.2. The highest BCUT2D eigenvalue weighted by Gasteiger charge is 2.18. The molecule has 0 aliphatic rings. The number of nitrogens with zero attached hydrogens (tertiary/aromatic N) is 4. The first-order valence-electron chi connectivity index (χ1n) is 9.91. The topological polar surface area (TPSA) is 68.1 Å². The molecule has 0 saturated carbocycles. The molecule has 3 aromatic rings. The minimum absolute atomic E-state index is 0.0601. The Kier molecular flexibility index (Phi) is 7.04. The van der Waals surface area contributed by atoms with Crippen molar-refractivity contribution in [3.05, 3.63) is 58.5 Å². The lowest BCUT2D eigenvalue weighted by Gasteiger charge is -2.21. The molecule has 0 spiro atoms. The fraction of sp³-hybridized carbons (Fsp3) is 0.364. The molecule has 0 N–H and O–H groups in total. The second-order valence-corrected chi connectivity index (χ2v) is 7.80. The number of pyridine rings is 1. The van der Waals surface area contributed by atoms with Crippen LogP contribution in [0, 0.1) is 6.92 Å². The van der Waals surface area contributed by atoms with E-state index in [0.717, 1.165) is 31.6 Å². The zero-order chi connectivity index (χ0) is 20.8. The van der Waals surface area contributed by atoms with Crippen molar-refractivity contribution in [2.45, 2.75) is 38.8 Å². The maximum Gasteiger partial charge on any atom is 0.267 e. The zero-order valence-corrected chi connectivity index (χ0v) is 17.9. The van der Waals surface area contributed by atoms with E-state index in [9.17, 15) is 9.59 Å². The van der Waals surface area contributed by atoms with Gasteiger partial charge in [-0.1, -0.05) is 43.8 Å². The summed E-state index contributed by atoms with van der Waals surface area (Å²) in [5.74, 6) is 0.809. The van der Waals surface area contributed by atoms with Gasteiger partial charge in [0.2, 0.25) is 5.91 Å². The van der Waals surface area contributed by atoms with Gasteiger partial charge in [-0.3, -0.25) is 9.59 Å². The molecule has 2 heterocycles. The van der Waals surface area contributed by atoms with E-state index in [1.54, 1.807) is 12.1 Å². The SMILES string of the molecule is CCCN(CCC)C(=O)CSc1nc2ccccc2c(=O)n1-c1cccc(C)n1. The second-order valence-electron chi connectivity index (χ2n) is 6.86. The summed E-state index contributed by atoms with van der Waals surface area (Å²) in [5.41, 5.74) is 1.25. The highest BCUT2D eigenvalue weighted by atomic mass is 32.2. The molecule has 6 nitrogen and oxygen atoms in total. The molecule has 1 amide bonds. The van der Waals surface area contributed by atoms with Gasteiger partial charge in [-0.05, 0) is 44.0 Å². The van der Waals surface area contributed by atoms with Gasteiger partial charge in [0, 0.05) is 18.8 Å². The zero-order valence-electron chi connectivity index (χ0n) is 17.1. The molecule has 3 rings (SSSR count). The average molecular weight is 411 g/mol. The van der Waals surface area contributed by atoms with E-state index >= 15 is 0 Å². The number of carbonyl (C=O) groups excluding carboxylic acids is 1. The number of carbonyl (C=O) groups is 1. The highest BCUT2D eigenvalue weighted by molar-refractivity contribution is 7.99. The largest absolute Gasteiger partial charge is 0.342 e. The smallest absolute Gasteiger partial charge is 0.267 e. The molecule has 0 aliphatic carbocycles. The van der Waals surface area contributed by atoms with E-state index in [1.807, 2.05) is 42.2 Å². The van der Waals surface area contributed by atoms with Gasteiger partial charge in [-0.2, -0.15) is 0 Å². The Balaban J connectivity index is 2.01. The minimum Gasteiger partial charge on any atom is -0.342 e. The Morgan fingerprint density at radius 2 is 1.76 bits per heavy atom. The van der Waals surface area contributed by atoms with Crippen LogP contribution in [0.5, 0.6) is 0 Å². The number of fused-ring (bicyclic) bond motifs is 1. The number of para-hydroxylation sites is 1. The Labute approximate surface area is 175 Å². The summed E-state index contributed by atoms with van der Waals surface area (Å²) in [7, 11) is 0. The molecule has 0 fully saturated rings. The standard InChI is InChI=1S/C22H26N4O2S/c1-4-13-25(14-5-2)20(27)15-29-22-24-18-11-7-6-10-17(18)21(28)26(22)19-12-8-9-16(3)23-19/h6-12H,4-5,13-15H2,1-3H3. The van der Waals surface area contributed by atoms with Crippen LogP contribution in [-0.4, -0.2) is 44.2 Å². The van der Waals surface area contributed by atoms with E-state index < -0.39 is 0 Å². The first-order valence-corrected chi connectivity index (χ1v) is 10.9. The van der Waals surface area contributed by atoms with Crippen LogP contribution in [0.3, 0.4) is 0 Å². The number of amides is 1. The number of benzene rings is 1. The van der Waals surface area contributed by atoms with Crippen molar-refractivity contribution in [3.63, 3.8) is 0 Å². The monoisotopic (exact) mass is 410 g/mol. The Morgan fingerprint density at radius 1 is 1.03 bits per heavy atom. The molecular weight excluding hydrogens is 384 g/mol. The number of aromatic nitrogens is 3. The summed E-state index contributed by atoms with van der Waals surface area (Å²) < 4.78 is 1.51. The van der Waals surface area contributed by atoms with Crippen molar-refractivity contribution in [2.75, 3.05) is 18.8 Å². The van der Waals surface area contributed by atoms with E-state index in [1.165, 1.54) is 16.3 Å². The van der Waals surface area contributed by atoms with Crippen molar-refractivity contribution in [1.29, 1.82) is 0 Å². The molecule has 0 radical (unpaired) electrons. The van der Waals surface area contributed by atoms with Crippen LogP contribution in [0.1, 0.15) is 32.4 Å². The molecule has 29 heavy (non-hydrogen) atoms. The van der Waals surface area contributed by atoms with Gasteiger partial charge in [-0.15, -0.1) is 0 Å². The summed E-state index contributed by atoms with van der Waals surface area (Å²) in [6, 6.07) is 12.8. The van der Waals surface area contributed by atoms with Gasteiger partial charge in [0.25, 0.3) is 5.56 Å². The van der Waals surface area contributed by atoms with E-state index in [0.29, 0.717) is 21.9 Å². The predicted molar refractivity (Wildman–Crippen MR) is 118 cm³/mol. The maximum absolute atomic E-state index is 13.2. The number of thioether (sulfide) groups is 1. The van der Waals surface area contributed by atoms with Gasteiger partial charge >= 0.3 is 0 Å².